The first kappa shape index (κ1) is 10.5. The van der Waals surface area contributed by atoms with E-state index in [-0.39, 0.29) is 12.6 Å². The van der Waals surface area contributed by atoms with Crippen LogP contribution in [0.2, 0.25) is 0 Å². The highest BCUT2D eigenvalue weighted by atomic mass is 16.5. The monoisotopic (exact) mass is 194 g/mol. The summed E-state index contributed by atoms with van der Waals surface area (Å²) in [5, 5.41) is 0. The van der Waals surface area contributed by atoms with Gasteiger partial charge in [-0.1, -0.05) is 6.58 Å². The van der Waals surface area contributed by atoms with E-state index in [4.69, 9.17) is 4.74 Å². The van der Waals surface area contributed by atoms with Gasteiger partial charge in [0.2, 0.25) is 0 Å². The lowest BCUT2D eigenvalue weighted by atomic mass is 10.3. The van der Waals surface area contributed by atoms with Crippen LogP contribution in [0.3, 0.4) is 0 Å². The molecule has 0 aliphatic heterocycles. The van der Waals surface area contributed by atoms with Crippen molar-refractivity contribution in [1.82, 2.24) is 9.97 Å². The van der Waals surface area contributed by atoms with Gasteiger partial charge in [0.1, 0.15) is 12.4 Å². The number of hydrogen-bond donors (Lipinski definition) is 1. The van der Waals surface area contributed by atoms with E-state index in [1.165, 1.54) is 0 Å². The molecule has 14 heavy (non-hydrogen) atoms. The minimum atomic E-state index is -0.384. The number of carbonyl (C=O) groups excluding carboxylic acids is 1. The Morgan fingerprint density at radius 1 is 1.57 bits per heavy atom. The van der Waals surface area contributed by atoms with Crippen LogP contribution < -0.4 is 0 Å². The maximum Gasteiger partial charge on any atom is 0.333 e. The molecule has 4 heteroatoms. The number of nitrogens with zero attached hydrogens (tertiary/aromatic N) is 1. The van der Waals surface area contributed by atoms with Crippen LogP contribution >= 0.6 is 0 Å². The van der Waals surface area contributed by atoms with Crippen molar-refractivity contribution in [3.05, 3.63) is 29.4 Å². The summed E-state index contributed by atoms with van der Waals surface area (Å²) in [5.74, 6) is 0.439. The van der Waals surface area contributed by atoms with Crippen LogP contribution in [0.4, 0.5) is 0 Å². The van der Waals surface area contributed by atoms with Crippen LogP contribution in [0, 0.1) is 13.8 Å². The average molecular weight is 194 g/mol. The first-order valence-corrected chi connectivity index (χ1v) is 4.35. The Balaban J connectivity index is 2.58. The second-order valence-electron chi connectivity index (χ2n) is 3.25. The lowest BCUT2D eigenvalue weighted by Gasteiger charge is -2.01. The van der Waals surface area contributed by atoms with Crippen LogP contribution in [0.5, 0.6) is 0 Å². The second-order valence-corrected chi connectivity index (χ2v) is 3.25. The number of esters is 1. The van der Waals surface area contributed by atoms with Gasteiger partial charge in [0.15, 0.2) is 0 Å². The number of nitrogens with one attached hydrogen (secondary N) is 1. The number of carbonyl (C=O) groups is 1. The van der Waals surface area contributed by atoms with Gasteiger partial charge >= 0.3 is 5.97 Å². The highest BCUT2D eigenvalue weighted by Crippen LogP contribution is 2.06. The van der Waals surface area contributed by atoms with Crippen molar-refractivity contribution >= 4 is 5.97 Å². The largest absolute Gasteiger partial charge is 0.456 e. The number of ether oxygens (including phenoxy) is 1. The molecule has 0 saturated heterocycles. The van der Waals surface area contributed by atoms with Gasteiger partial charge in [-0.15, -0.1) is 0 Å². The molecule has 0 spiro atoms. The number of rotatable bonds is 3. The number of imidazole rings is 1. The molecule has 0 bridgehead atoms. The third kappa shape index (κ3) is 2.45. The molecule has 1 rings (SSSR count). The Morgan fingerprint density at radius 2 is 2.21 bits per heavy atom. The molecule has 1 N–H and O–H groups in total. The van der Waals surface area contributed by atoms with Gasteiger partial charge in [0, 0.05) is 11.3 Å². The molecule has 0 saturated carbocycles. The summed E-state index contributed by atoms with van der Waals surface area (Å²) in [6.45, 7) is 9.06. The van der Waals surface area contributed by atoms with E-state index in [2.05, 4.69) is 16.5 Å². The zero-order valence-electron chi connectivity index (χ0n) is 8.68. The molecule has 0 amide bonds. The van der Waals surface area contributed by atoms with Crippen molar-refractivity contribution in [2.75, 3.05) is 0 Å². The molecule has 0 fully saturated rings. The summed E-state index contributed by atoms with van der Waals surface area (Å²) >= 11 is 0. The van der Waals surface area contributed by atoms with Gasteiger partial charge < -0.3 is 9.72 Å². The van der Waals surface area contributed by atoms with Crippen LogP contribution in [0.15, 0.2) is 12.2 Å². The fourth-order valence-corrected chi connectivity index (χ4v) is 1.06. The fraction of sp³-hybridized carbons (Fsp3) is 0.400. The van der Waals surface area contributed by atoms with Gasteiger partial charge in [0.05, 0.1) is 5.69 Å². The molecule has 0 aliphatic rings. The maximum atomic E-state index is 11.1. The topological polar surface area (TPSA) is 55.0 Å². The van der Waals surface area contributed by atoms with Crippen molar-refractivity contribution in [2.45, 2.75) is 27.4 Å². The van der Waals surface area contributed by atoms with Crippen LogP contribution in [-0.4, -0.2) is 15.9 Å². The minimum absolute atomic E-state index is 0.196. The molecule has 0 unspecified atom stereocenters. The fourth-order valence-electron chi connectivity index (χ4n) is 1.06. The van der Waals surface area contributed by atoms with Gasteiger partial charge in [-0.3, -0.25) is 0 Å². The predicted octanol–water partition coefficient (Wildman–Crippen LogP) is 1.65. The summed E-state index contributed by atoms with van der Waals surface area (Å²) in [7, 11) is 0. The minimum Gasteiger partial charge on any atom is -0.456 e. The van der Waals surface area contributed by atoms with Crippen LogP contribution in [0.25, 0.3) is 0 Å². The van der Waals surface area contributed by atoms with E-state index >= 15 is 0 Å². The zero-order chi connectivity index (χ0) is 10.7. The molecule has 0 aliphatic carbocycles. The predicted molar refractivity (Wildman–Crippen MR) is 52.7 cm³/mol. The van der Waals surface area contributed by atoms with E-state index in [1.807, 2.05) is 13.8 Å². The Morgan fingerprint density at radius 3 is 2.64 bits per heavy atom. The molecule has 1 heterocycles. The quantitative estimate of drug-likeness (QED) is 0.588. The zero-order valence-corrected chi connectivity index (χ0v) is 8.68. The average Bonchev–Trinajstić information content (AvgIpc) is 2.40. The Labute approximate surface area is 83.0 Å². The molecule has 1 aromatic heterocycles. The van der Waals surface area contributed by atoms with Gasteiger partial charge in [-0.25, -0.2) is 9.78 Å². The second kappa shape index (κ2) is 4.09. The SMILES string of the molecule is C=C(C)C(=O)OCc1nc(C)[nH]c1C. The van der Waals surface area contributed by atoms with Crippen molar-refractivity contribution in [2.24, 2.45) is 0 Å². The summed E-state index contributed by atoms with van der Waals surface area (Å²) in [6.07, 6.45) is 0. The van der Waals surface area contributed by atoms with Crippen molar-refractivity contribution in [3.8, 4) is 0 Å². The van der Waals surface area contributed by atoms with Gasteiger partial charge in [0.25, 0.3) is 0 Å². The van der Waals surface area contributed by atoms with Crippen molar-refractivity contribution in [1.29, 1.82) is 0 Å². The number of hydrogen-bond acceptors (Lipinski definition) is 3. The first-order valence-electron chi connectivity index (χ1n) is 4.35. The third-order valence-corrected chi connectivity index (χ3v) is 1.79. The highest BCUT2D eigenvalue weighted by Gasteiger charge is 2.08. The standard InChI is InChI=1S/C10H14N2O2/c1-6(2)10(13)14-5-9-7(3)11-8(4)12-9/h1,5H2,2-4H3,(H,11,12). The molecule has 76 valence electrons. The smallest absolute Gasteiger partial charge is 0.333 e. The number of aromatic amines is 1. The molecule has 0 atom stereocenters. The Hall–Kier alpha value is -1.58. The highest BCUT2D eigenvalue weighted by molar-refractivity contribution is 5.86. The molecule has 0 aromatic carbocycles. The van der Waals surface area contributed by atoms with Crippen molar-refractivity contribution < 1.29 is 9.53 Å². The lowest BCUT2D eigenvalue weighted by Crippen LogP contribution is -2.05. The normalized spacial score (nSPS) is 9.93. The lowest BCUT2D eigenvalue weighted by molar-refractivity contribution is -0.140. The Kier molecular flexibility index (Phi) is 3.06. The number of H-pyrrole nitrogens is 1. The van der Waals surface area contributed by atoms with Crippen LogP contribution in [-0.2, 0) is 16.1 Å². The summed E-state index contributed by atoms with van der Waals surface area (Å²) in [4.78, 5) is 18.3. The van der Waals surface area contributed by atoms with Gasteiger partial charge in [-0.2, -0.15) is 0 Å². The van der Waals surface area contributed by atoms with Crippen LogP contribution in [0.1, 0.15) is 24.1 Å². The molecule has 1 aromatic rings. The van der Waals surface area contributed by atoms with E-state index < -0.39 is 0 Å². The molecule has 0 radical (unpaired) electrons. The van der Waals surface area contributed by atoms with E-state index in [0.717, 1.165) is 17.2 Å². The van der Waals surface area contributed by atoms with E-state index in [9.17, 15) is 4.79 Å². The first-order chi connectivity index (χ1) is 6.50. The molecular weight excluding hydrogens is 180 g/mol. The Bertz CT molecular complexity index is 366. The maximum absolute atomic E-state index is 11.1. The molecule has 4 nitrogen and oxygen atoms in total. The van der Waals surface area contributed by atoms with E-state index in [0.29, 0.717) is 5.57 Å². The van der Waals surface area contributed by atoms with E-state index in [1.54, 1.807) is 6.92 Å². The molecular formula is C10H14N2O2. The number of aromatic nitrogens is 2. The summed E-state index contributed by atoms with van der Waals surface area (Å²) < 4.78 is 4.96. The van der Waals surface area contributed by atoms with Gasteiger partial charge in [-0.05, 0) is 20.8 Å². The number of aryl methyl sites for hydroxylation is 2. The van der Waals surface area contributed by atoms with Crippen molar-refractivity contribution in [3.63, 3.8) is 0 Å². The summed E-state index contributed by atoms with van der Waals surface area (Å²) in [6, 6.07) is 0. The third-order valence-electron chi connectivity index (χ3n) is 1.79. The summed E-state index contributed by atoms with van der Waals surface area (Å²) in [5.41, 5.74) is 2.09.